The molecule has 1 atom stereocenters. The van der Waals surface area contributed by atoms with E-state index in [9.17, 15) is 9.59 Å². The molecule has 1 aromatic carbocycles. The molecule has 3 N–H and O–H groups in total. The van der Waals surface area contributed by atoms with Gasteiger partial charge in [-0.25, -0.2) is 9.78 Å². The monoisotopic (exact) mass is 415 g/mol. The van der Waals surface area contributed by atoms with E-state index in [0.29, 0.717) is 34.4 Å². The Labute approximate surface area is 173 Å². The van der Waals surface area contributed by atoms with Gasteiger partial charge >= 0.3 is 5.97 Å². The van der Waals surface area contributed by atoms with Crippen LogP contribution in [-0.2, 0) is 11.2 Å². The van der Waals surface area contributed by atoms with Gasteiger partial charge in [0.05, 0.1) is 21.7 Å². The number of unbranched alkanes of at least 4 members (excludes halogenated alkanes) is 1. The highest BCUT2D eigenvalue weighted by atomic mass is 32.1. The zero-order chi connectivity index (χ0) is 21.1. The van der Waals surface area contributed by atoms with E-state index in [1.165, 1.54) is 17.6 Å². The molecular weight excluding hydrogens is 388 g/mol. The van der Waals surface area contributed by atoms with Gasteiger partial charge in [0, 0.05) is 17.4 Å². The van der Waals surface area contributed by atoms with E-state index in [0.717, 1.165) is 23.4 Å². The standard InChI is InChI=1S/C22H26N2O4S/c1-5-6-7-14-8-15-19(9-18(14)28-22(26)20(23)12(2)3)27-10-16(21(15)25)17-11-29-13(4)24-17/h8-12,20H,5-7,23H2,1-4H3/p+1/t20-/m1/s1. The molecule has 3 aromatic rings. The lowest BCUT2D eigenvalue weighted by atomic mass is 10.0. The van der Waals surface area contributed by atoms with E-state index in [-0.39, 0.29) is 17.3 Å². The fraction of sp³-hybridized carbons (Fsp3) is 0.409. The number of hydrogen-bond donors (Lipinski definition) is 1. The van der Waals surface area contributed by atoms with Crippen LogP contribution < -0.4 is 15.9 Å². The Hall–Kier alpha value is -2.51. The number of rotatable bonds is 7. The Morgan fingerprint density at radius 2 is 2.10 bits per heavy atom. The van der Waals surface area contributed by atoms with Gasteiger partial charge in [0.2, 0.25) is 5.43 Å². The summed E-state index contributed by atoms with van der Waals surface area (Å²) in [4.78, 5) is 29.9. The maximum absolute atomic E-state index is 13.1. The highest BCUT2D eigenvalue weighted by Crippen LogP contribution is 2.29. The van der Waals surface area contributed by atoms with Gasteiger partial charge < -0.3 is 14.9 Å². The lowest BCUT2D eigenvalue weighted by molar-refractivity contribution is -0.417. The molecule has 29 heavy (non-hydrogen) atoms. The Bertz CT molecular complexity index is 1080. The Balaban J connectivity index is 2.08. The first-order chi connectivity index (χ1) is 13.8. The van der Waals surface area contributed by atoms with E-state index in [2.05, 4.69) is 17.6 Å². The van der Waals surface area contributed by atoms with Crippen LogP contribution in [0.25, 0.3) is 22.2 Å². The molecule has 0 radical (unpaired) electrons. The summed E-state index contributed by atoms with van der Waals surface area (Å²) in [7, 11) is 0. The molecule has 0 saturated heterocycles. The van der Waals surface area contributed by atoms with Crippen LogP contribution in [0.4, 0.5) is 0 Å². The molecule has 0 fully saturated rings. The second-order valence-electron chi connectivity index (χ2n) is 7.56. The molecule has 2 aromatic heterocycles. The number of nitrogens with zero attached hydrogens (tertiary/aromatic N) is 1. The first-order valence-corrected chi connectivity index (χ1v) is 10.8. The first kappa shape index (κ1) is 21.2. The summed E-state index contributed by atoms with van der Waals surface area (Å²) in [6, 6.07) is 2.96. The van der Waals surface area contributed by atoms with Crippen molar-refractivity contribution in [1.82, 2.24) is 4.98 Å². The number of thiazole rings is 1. The average Bonchev–Trinajstić information content (AvgIpc) is 3.12. The number of carbonyl (C=O) groups excluding carboxylic acids is 1. The Morgan fingerprint density at radius 3 is 2.72 bits per heavy atom. The van der Waals surface area contributed by atoms with Gasteiger partial charge in [-0.3, -0.25) is 4.79 Å². The van der Waals surface area contributed by atoms with Gasteiger partial charge in [-0.1, -0.05) is 27.2 Å². The number of aromatic nitrogens is 1. The maximum Gasteiger partial charge on any atom is 0.370 e. The molecule has 0 spiro atoms. The Morgan fingerprint density at radius 1 is 1.34 bits per heavy atom. The van der Waals surface area contributed by atoms with E-state index in [1.54, 1.807) is 12.1 Å². The summed E-state index contributed by atoms with van der Waals surface area (Å²) in [5.41, 5.74) is 6.02. The van der Waals surface area contributed by atoms with Gasteiger partial charge in [0.25, 0.3) is 0 Å². The predicted octanol–water partition coefficient (Wildman–Crippen LogP) is 3.74. The fourth-order valence-electron chi connectivity index (χ4n) is 2.98. The molecule has 154 valence electrons. The molecule has 0 bridgehead atoms. The van der Waals surface area contributed by atoms with Crippen LogP contribution in [0.1, 0.15) is 44.2 Å². The van der Waals surface area contributed by atoms with Gasteiger partial charge in [0.15, 0.2) is 6.04 Å². The second-order valence-corrected chi connectivity index (χ2v) is 8.62. The summed E-state index contributed by atoms with van der Waals surface area (Å²) in [6.45, 7) is 7.85. The lowest BCUT2D eigenvalue weighted by Gasteiger charge is -2.15. The van der Waals surface area contributed by atoms with Gasteiger partial charge in [-0.2, -0.15) is 0 Å². The number of ether oxygens (including phenoxy) is 1. The number of quaternary nitrogens is 1. The number of esters is 1. The average molecular weight is 416 g/mol. The molecule has 0 amide bonds. The molecule has 0 aliphatic heterocycles. The molecule has 0 saturated carbocycles. The predicted molar refractivity (Wildman–Crippen MR) is 114 cm³/mol. The SMILES string of the molecule is CCCCc1cc2c(=O)c(-c3csc(C)n3)coc2cc1OC(=O)[C@H]([NH3+])C(C)C. The van der Waals surface area contributed by atoms with Gasteiger partial charge in [-0.15, -0.1) is 11.3 Å². The third-order valence-electron chi connectivity index (χ3n) is 4.97. The van der Waals surface area contributed by atoms with Crippen molar-refractivity contribution in [3.05, 3.63) is 44.6 Å². The lowest BCUT2D eigenvalue weighted by Crippen LogP contribution is -2.68. The first-order valence-electron chi connectivity index (χ1n) is 9.87. The Kier molecular flexibility index (Phi) is 6.49. The van der Waals surface area contributed by atoms with Crippen LogP contribution in [0.15, 0.2) is 33.0 Å². The third kappa shape index (κ3) is 4.57. The number of aryl methyl sites for hydroxylation is 2. The zero-order valence-electron chi connectivity index (χ0n) is 17.3. The van der Waals surface area contributed by atoms with Crippen molar-refractivity contribution in [2.24, 2.45) is 5.92 Å². The summed E-state index contributed by atoms with van der Waals surface area (Å²) in [6.07, 6.45) is 4.04. The van der Waals surface area contributed by atoms with Gasteiger partial charge in [0.1, 0.15) is 17.6 Å². The van der Waals surface area contributed by atoms with E-state index < -0.39 is 6.04 Å². The topological polar surface area (TPSA) is 97.0 Å². The minimum absolute atomic E-state index is 0.0732. The van der Waals surface area contributed by atoms with Crippen molar-refractivity contribution in [3.8, 4) is 17.0 Å². The summed E-state index contributed by atoms with van der Waals surface area (Å²) in [5.74, 6) is 0.128. The van der Waals surface area contributed by atoms with Crippen molar-refractivity contribution in [2.45, 2.75) is 53.0 Å². The van der Waals surface area contributed by atoms with Crippen LogP contribution in [0.2, 0.25) is 0 Å². The van der Waals surface area contributed by atoms with Crippen molar-refractivity contribution >= 4 is 28.3 Å². The minimum atomic E-state index is -0.466. The van der Waals surface area contributed by atoms with Crippen LogP contribution >= 0.6 is 11.3 Å². The summed E-state index contributed by atoms with van der Waals surface area (Å²) >= 11 is 1.49. The molecule has 0 aliphatic rings. The molecule has 3 rings (SSSR count). The van der Waals surface area contributed by atoms with Crippen LogP contribution in [0.3, 0.4) is 0 Å². The molecule has 7 heteroatoms. The summed E-state index contributed by atoms with van der Waals surface area (Å²) in [5, 5.41) is 3.20. The number of benzene rings is 1. The van der Waals surface area contributed by atoms with E-state index in [1.807, 2.05) is 26.2 Å². The minimum Gasteiger partial charge on any atom is -0.463 e. The van der Waals surface area contributed by atoms with E-state index >= 15 is 0 Å². The smallest absolute Gasteiger partial charge is 0.370 e. The largest absolute Gasteiger partial charge is 0.463 e. The molecule has 6 nitrogen and oxygen atoms in total. The van der Waals surface area contributed by atoms with Crippen LogP contribution in [0, 0.1) is 12.8 Å². The van der Waals surface area contributed by atoms with Crippen molar-refractivity contribution in [3.63, 3.8) is 0 Å². The fourth-order valence-corrected chi connectivity index (χ4v) is 3.59. The quantitative estimate of drug-likeness (QED) is 0.468. The number of carbonyl (C=O) groups is 1. The highest BCUT2D eigenvalue weighted by Gasteiger charge is 2.25. The number of hydrogen-bond acceptors (Lipinski definition) is 6. The van der Waals surface area contributed by atoms with Crippen molar-refractivity contribution in [2.75, 3.05) is 0 Å². The zero-order valence-corrected chi connectivity index (χ0v) is 18.1. The van der Waals surface area contributed by atoms with Crippen LogP contribution in [0.5, 0.6) is 5.75 Å². The van der Waals surface area contributed by atoms with Crippen LogP contribution in [-0.4, -0.2) is 17.0 Å². The third-order valence-corrected chi connectivity index (χ3v) is 5.74. The number of fused-ring (bicyclic) bond motifs is 1. The van der Waals surface area contributed by atoms with E-state index in [4.69, 9.17) is 9.15 Å². The molecule has 2 heterocycles. The summed E-state index contributed by atoms with van der Waals surface area (Å²) < 4.78 is 11.4. The molecule has 0 unspecified atom stereocenters. The van der Waals surface area contributed by atoms with Crippen molar-refractivity contribution < 1.29 is 19.7 Å². The highest BCUT2D eigenvalue weighted by molar-refractivity contribution is 7.09. The van der Waals surface area contributed by atoms with Crippen molar-refractivity contribution in [1.29, 1.82) is 0 Å². The van der Waals surface area contributed by atoms with Gasteiger partial charge in [-0.05, 0) is 31.4 Å². The second kappa shape index (κ2) is 8.88. The normalized spacial score (nSPS) is 12.5. The molecule has 0 aliphatic carbocycles. The molecular formula is C22H27N2O4S+. The maximum atomic E-state index is 13.1.